The summed E-state index contributed by atoms with van der Waals surface area (Å²) in [6.07, 6.45) is 10.3. The SMILES string of the molecule is CCCCc1cccc(C2(c3ccccc3)c3ccccc3-n3c4ccc(-c5ccc6c(c5)-c5cccc[n+]5C(CC)(CC)CC6)cc4c4cccc2c43)c1. The predicted octanol–water partition coefficient (Wildman–Crippen LogP) is 12.9. The molecule has 6 aromatic carbocycles. The van der Waals surface area contributed by atoms with Gasteiger partial charge in [-0.25, -0.2) is 0 Å². The molecular weight excluding hydrogens is 665 g/mol. The van der Waals surface area contributed by atoms with Gasteiger partial charge in [-0.05, 0) is 94.1 Å². The number of fused-ring (bicyclic) bond motifs is 8. The van der Waals surface area contributed by atoms with Crippen molar-refractivity contribution in [1.29, 1.82) is 0 Å². The lowest BCUT2D eigenvalue weighted by Crippen LogP contribution is -2.56. The summed E-state index contributed by atoms with van der Waals surface area (Å²) in [7, 11) is 0. The van der Waals surface area contributed by atoms with Crippen molar-refractivity contribution >= 4 is 21.8 Å². The van der Waals surface area contributed by atoms with E-state index < -0.39 is 5.41 Å². The fourth-order valence-corrected chi connectivity index (χ4v) is 10.5. The van der Waals surface area contributed by atoms with Crippen LogP contribution in [0.25, 0.3) is 49.9 Å². The van der Waals surface area contributed by atoms with Gasteiger partial charge in [0.25, 0.3) is 0 Å². The van der Waals surface area contributed by atoms with Crippen molar-refractivity contribution in [3.63, 3.8) is 0 Å². The molecule has 0 N–H and O–H groups in total. The van der Waals surface area contributed by atoms with Crippen molar-refractivity contribution in [3.8, 4) is 28.1 Å². The number of hydrogen-bond acceptors (Lipinski definition) is 0. The second kappa shape index (κ2) is 13.2. The maximum Gasteiger partial charge on any atom is 0.213 e. The smallest absolute Gasteiger partial charge is 0.213 e. The van der Waals surface area contributed by atoms with Crippen LogP contribution in [-0.4, -0.2) is 4.57 Å². The number of nitrogens with zero attached hydrogens (tertiary/aromatic N) is 2. The van der Waals surface area contributed by atoms with Gasteiger partial charge in [0, 0.05) is 47.7 Å². The first-order valence-electron chi connectivity index (χ1n) is 20.6. The molecule has 0 spiro atoms. The topological polar surface area (TPSA) is 8.81 Å². The van der Waals surface area contributed by atoms with Crippen LogP contribution in [0, 0.1) is 0 Å². The summed E-state index contributed by atoms with van der Waals surface area (Å²) in [5, 5.41) is 2.60. The van der Waals surface area contributed by atoms with E-state index in [1.807, 2.05) is 0 Å². The van der Waals surface area contributed by atoms with E-state index in [0.29, 0.717) is 0 Å². The van der Waals surface area contributed by atoms with Crippen LogP contribution >= 0.6 is 0 Å². The molecule has 0 saturated carbocycles. The molecule has 0 amide bonds. The van der Waals surface area contributed by atoms with Crippen LogP contribution in [0.2, 0.25) is 0 Å². The Kier molecular flexibility index (Phi) is 8.14. The van der Waals surface area contributed by atoms with Gasteiger partial charge >= 0.3 is 0 Å². The first kappa shape index (κ1) is 33.8. The molecule has 2 heteroatoms. The maximum atomic E-state index is 2.59. The highest BCUT2D eigenvalue weighted by atomic mass is 15.1. The van der Waals surface area contributed by atoms with Crippen LogP contribution in [0.3, 0.4) is 0 Å². The summed E-state index contributed by atoms with van der Waals surface area (Å²) in [5.74, 6) is 0. The molecule has 2 nitrogen and oxygen atoms in total. The van der Waals surface area contributed by atoms with Gasteiger partial charge in [-0.2, -0.15) is 4.57 Å². The maximum absolute atomic E-state index is 2.59. The molecule has 1 unspecified atom stereocenters. The molecule has 0 saturated heterocycles. The number of aromatic nitrogens is 2. The number of hydrogen-bond donors (Lipinski definition) is 0. The van der Waals surface area contributed by atoms with Gasteiger partial charge in [0.15, 0.2) is 11.7 Å². The van der Waals surface area contributed by atoms with Crippen LogP contribution in [0.5, 0.6) is 0 Å². The van der Waals surface area contributed by atoms with Gasteiger partial charge in [0.05, 0.1) is 22.1 Å². The van der Waals surface area contributed by atoms with E-state index in [1.165, 1.54) is 96.1 Å². The second-order valence-corrected chi connectivity index (χ2v) is 16.0. The van der Waals surface area contributed by atoms with Crippen LogP contribution in [0.4, 0.5) is 0 Å². The zero-order chi connectivity index (χ0) is 37.1. The Labute approximate surface area is 325 Å². The quantitative estimate of drug-likeness (QED) is 0.139. The predicted molar refractivity (Wildman–Crippen MR) is 229 cm³/mol. The first-order chi connectivity index (χ1) is 27.1. The fourth-order valence-electron chi connectivity index (χ4n) is 10.5. The fraction of sp³-hybridized carbons (Fsp3) is 0.226. The number of benzene rings is 6. The Morgan fingerprint density at radius 1 is 0.618 bits per heavy atom. The highest BCUT2D eigenvalue weighted by Crippen LogP contribution is 2.54. The third kappa shape index (κ3) is 4.97. The zero-order valence-electron chi connectivity index (χ0n) is 32.4. The second-order valence-electron chi connectivity index (χ2n) is 16.0. The van der Waals surface area contributed by atoms with Crippen LogP contribution in [0.15, 0.2) is 158 Å². The third-order valence-electron chi connectivity index (χ3n) is 13.4. The molecule has 0 fully saturated rings. The third-order valence-corrected chi connectivity index (χ3v) is 13.4. The van der Waals surface area contributed by atoms with E-state index in [-0.39, 0.29) is 5.54 Å². The number of pyridine rings is 1. The minimum Gasteiger partial charge on any atom is -0.309 e. The Bertz CT molecular complexity index is 2730. The Balaban J connectivity index is 1.21. The molecule has 55 heavy (non-hydrogen) atoms. The number of para-hydroxylation sites is 2. The highest BCUT2D eigenvalue weighted by molar-refractivity contribution is 6.13. The van der Waals surface area contributed by atoms with E-state index in [2.05, 4.69) is 188 Å². The summed E-state index contributed by atoms with van der Waals surface area (Å²) in [6.45, 7) is 7.00. The van der Waals surface area contributed by atoms with Crippen molar-refractivity contribution in [2.75, 3.05) is 0 Å². The summed E-state index contributed by atoms with van der Waals surface area (Å²) in [4.78, 5) is 0. The molecule has 0 bridgehead atoms. The average Bonchev–Trinajstić information content (AvgIpc) is 3.51. The van der Waals surface area contributed by atoms with Crippen LogP contribution in [-0.2, 0) is 23.8 Å². The van der Waals surface area contributed by atoms with E-state index in [1.54, 1.807) is 0 Å². The molecule has 1 atom stereocenters. The molecule has 2 aromatic heterocycles. The van der Waals surface area contributed by atoms with Crippen molar-refractivity contribution in [1.82, 2.24) is 4.57 Å². The normalized spacial score (nSPS) is 16.7. The Hall–Kier alpha value is -5.73. The molecule has 270 valence electrons. The lowest BCUT2D eigenvalue weighted by Gasteiger charge is -2.42. The van der Waals surface area contributed by atoms with Crippen molar-refractivity contribution in [2.45, 2.75) is 76.7 Å². The lowest BCUT2D eigenvalue weighted by molar-refractivity contribution is -0.757. The molecule has 10 rings (SSSR count). The summed E-state index contributed by atoms with van der Waals surface area (Å²) in [6, 6.07) is 58.1. The first-order valence-corrected chi connectivity index (χ1v) is 20.6. The molecule has 8 aromatic rings. The minimum atomic E-state index is -0.471. The van der Waals surface area contributed by atoms with Gasteiger partial charge in [-0.15, -0.1) is 0 Å². The van der Waals surface area contributed by atoms with Crippen molar-refractivity contribution < 1.29 is 4.57 Å². The molecular formula is C53H49N2+. The number of unbranched alkanes of at least 4 members (excludes halogenated alkanes) is 1. The molecule has 0 radical (unpaired) electrons. The van der Waals surface area contributed by atoms with Crippen molar-refractivity contribution in [3.05, 3.63) is 191 Å². The Morgan fingerprint density at radius 2 is 1.36 bits per heavy atom. The van der Waals surface area contributed by atoms with E-state index >= 15 is 0 Å². The van der Waals surface area contributed by atoms with Gasteiger partial charge in [0.2, 0.25) is 5.69 Å². The molecule has 4 heterocycles. The standard InChI is InChI=1S/C53H49N2/c1-4-7-17-37-18-15-21-42(34-37)53(41-19-9-8-10-20-41)46-23-11-12-26-50(46)55-49-30-29-40(36-45(49)43-22-16-24-47(53)51(43)55)39-28-27-38-31-32-52(5-2,6-3)54-33-14-13-25-48(54)44(38)35-39/h8-16,18-30,33-36H,4-7,17,31-32H2,1-3H3/q+1. The van der Waals surface area contributed by atoms with Crippen LogP contribution in [0.1, 0.15) is 86.3 Å². The molecule has 0 aliphatic carbocycles. The average molecular weight is 714 g/mol. The van der Waals surface area contributed by atoms with E-state index in [9.17, 15) is 0 Å². The lowest BCUT2D eigenvalue weighted by atomic mass is 9.63. The molecule has 2 aliphatic rings. The van der Waals surface area contributed by atoms with E-state index in [4.69, 9.17) is 0 Å². The summed E-state index contributed by atoms with van der Waals surface area (Å²) in [5.41, 5.74) is 16.9. The number of rotatable bonds is 8. The zero-order valence-corrected chi connectivity index (χ0v) is 32.4. The summed E-state index contributed by atoms with van der Waals surface area (Å²) < 4.78 is 5.15. The largest absolute Gasteiger partial charge is 0.309 e. The van der Waals surface area contributed by atoms with Crippen molar-refractivity contribution in [2.24, 2.45) is 0 Å². The monoisotopic (exact) mass is 713 g/mol. The Morgan fingerprint density at radius 3 is 2.22 bits per heavy atom. The van der Waals surface area contributed by atoms with Crippen LogP contribution < -0.4 is 4.57 Å². The molecule has 2 aliphatic heterocycles. The van der Waals surface area contributed by atoms with Gasteiger partial charge in [-0.1, -0.05) is 136 Å². The van der Waals surface area contributed by atoms with E-state index in [0.717, 1.165) is 32.1 Å². The van der Waals surface area contributed by atoms with Gasteiger partial charge in [0.1, 0.15) is 0 Å². The number of aryl methyl sites for hydroxylation is 2. The van der Waals surface area contributed by atoms with Gasteiger partial charge < -0.3 is 4.57 Å². The minimum absolute atomic E-state index is 0.141. The summed E-state index contributed by atoms with van der Waals surface area (Å²) >= 11 is 0. The van der Waals surface area contributed by atoms with Gasteiger partial charge in [-0.3, -0.25) is 0 Å². The highest BCUT2D eigenvalue weighted by Gasteiger charge is 2.45.